The van der Waals surface area contributed by atoms with Crippen LogP contribution in [0.3, 0.4) is 0 Å². The Bertz CT molecular complexity index is 1270. The minimum Gasteiger partial charge on any atom is -0.507 e. The fourth-order valence-corrected chi connectivity index (χ4v) is 3.52. The molecule has 0 amide bonds. The number of phenolic OH excluding ortho intramolecular Hbond substituents is 1. The van der Waals surface area contributed by atoms with Gasteiger partial charge in [0.2, 0.25) is 5.78 Å². The van der Waals surface area contributed by atoms with E-state index < -0.39 is 0 Å². The average Bonchev–Trinajstić information content (AvgIpc) is 3.09. The van der Waals surface area contributed by atoms with Crippen LogP contribution < -0.4 is 9.47 Å². The zero-order chi connectivity index (χ0) is 21.4. The van der Waals surface area contributed by atoms with E-state index in [4.69, 9.17) is 13.9 Å². The van der Waals surface area contributed by atoms with Crippen molar-refractivity contribution in [1.82, 2.24) is 0 Å². The van der Waals surface area contributed by atoms with Crippen molar-refractivity contribution >= 4 is 16.8 Å². The third kappa shape index (κ3) is 3.26. The van der Waals surface area contributed by atoms with Gasteiger partial charge in [-0.15, -0.1) is 0 Å². The summed E-state index contributed by atoms with van der Waals surface area (Å²) >= 11 is 0. The maximum Gasteiger partial charge on any atom is 0.232 e. The van der Waals surface area contributed by atoms with Gasteiger partial charge in [-0.05, 0) is 54.4 Å². The van der Waals surface area contributed by atoms with E-state index in [-0.39, 0.29) is 23.1 Å². The number of phenols is 1. The third-order valence-corrected chi connectivity index (χ3v) is 5.03. The molecule has 0 spiro atoms. The van der Waals surface area contributed by atoms with Gasteiger partial charge in [0.15, 0.2) is 5.76 Å². The zero-order valence-corrected chi connectivity index (χ0v) is 16.7. The molecule has 0 saturated carbocycles. The van der Waals surface area contributed by atoms with E-state index in [0.29, 0.717) is 44.7 Å². The molecule has 6 heteroatoms. The molecule has 0 aliphatic rings. The predicted octanol–water partition coefficient (Wildman–Crippen LogP) is 5.50. The Morgan fingerprint density at radius 3 is 2.50 bits per heavy atom. The summed E-state index contributed by atoms with van der Waals surface area (Å²) in [7, 11) is 2.99. The van der Waals surface area contributed by atoms with Crippen LogP contribution in [0.5, 0.6) is 17.2 Å². The summed E-state index contributed by atoms with van der Waals surface area (Å²) in [4.78, 5) is 13.2. The van der Waals surface area contributed by atoms with Crippen molar-refractivity contribution in [3.05, 3.63) is 77.3 Å². The molecule has 0 unspecified atom stereocenters. The first-order valence-electron chi connectivity index (χ1n) is 9.21. The molecule has 0 fully saturated rings. The highest BCUT2D eigenvalue weighted by molar-refractivity contribution is 6.12. The molecule has 152 valence electrons. The molecule has 0 aliphatic carbocycles. The van der Waals surface area contributed by atoms with Crippen molar-refractivity contribution in [2.75, 3.05) is 14.2 Å². The maximum atomic E-state index is 13.6. The van der Waals surface area contributed by atoms with Gasteiger partial charge < -0.3 is 19.0 Å². The van der Waals surface area contributed by atoms with Crippen molar-refractivity contribution in [1.29, 1.82) is 0 Å². The number of furan rings is 1. The minimum atomic E-state index is -0.384. The first kappa shape index (κ1) is 19.5. The third-order valence-electron chi connectivity index (χ3n) is 5.03. The van der Waals surface area contributed by atoms with Crippen LogP contribution in [0.1, 0.15) is 21.7 Å². The Kier molecular flexibility index (Phi) is 4.91. The van der Waals surface area contributed by atoms with Crippen LogP contribution in [0, 0.1) is 12.7 Å². The van der Waals surface area contributed by atoms with Gasteiger partial charge in [-0.1, -0.05) is 12.1 Å². The second-order valence-electron chi connectivity index (χ2n) is 6.83. The Morgan fingerprint density at radius 1 is 1.00 bits per heavy atom. The van der Waals surface area contributed by atoms with E-state index in [1.54, 1.807) is 43.3 Å². The lowest BCUT2D eigenvalue weighted by atomic mass is 10.0. The number of carbonyl (C=O) groups excluding carboxylic acids is 1. The molecule has 0 aliphatic heterocycles. The van der Waals surface area contributed by atoms with Crippen molar-refractivity contribution in [3.8, 4) is 28.4 Å². The van der Waals surface area contributed by atoms with Crippen LogP contribution in [0.2, 0.25) is 0 Å². The van der Waals surface area contributed by atoms with Gasteiger partial charge in [-0.3, -0.25) is 4.79 Å². The van der Waals surface area contributed by atoms with Gasteiger partial charge in [0, 0.05) is 11.6 Å². The van der Waals surface area contributed by atoms with E-state index in [0.717, 1.165) is 0 Å². The summed E-state index contributed by atoms with van der Waals surface area (Å²) in [6.07, 6.45) is 0. The Hall–Kier alpha value is -3.80. The number of hydrogen-bond donors (Lipinski definition) is 1. The number of ketones is 1. The van der Waals surface area contributed by atoms with Crippen molar-refractivity contribution < 1.29 is 28.2 Å². The average molecular weight is 406 g/mol. The highest BCUT2D eigenvalue weighted by atomic mass is 19.1. The number of rotatable bonds is 5. The van der Waals surface area contributed by atoms with Gasteiger partial charge >= 0.3 is 0 Å². The number of aryl methyl sites for hydroxylation is 1. The van der Waals surface area contributed by atoms with E-state index in [2.05, 4.69) is 0 Å². The van der Waals surface area contributed by atoms with Crippen LogP contribution >= 0.6 is 0 Å². The standard InChI is InChI=1S/C24H19FO5/c1-13-22-19(26)10-15(14-5-4-6-16(25)9-14)11-21(22)30-24(13)23(27)18-8-7-17(28-2)12-20(18)29-3/h4-12,26H,1-3H3. The van der Waals surface area contributed by atoms with Crippen LogP contribution in [-0.2, 0) is 0 Å². The molecular weight excluding hydrogens is 387 g/mol. The summed E-state index contributed by atoms with van der Waals surface area (Å²) in [6, 6.07) is 14.1. The number of aromatic hydroxyl groups is 1. The maximum absolute atomic E-state index is 13.6. The number of fused-ring (bicyclic) bond motifs is 1. The molecule has 4 rings (SSSR count). The fraction of sp³-hybridized carbons (Fsp3) is 0.125. The summed E-state index contributed by atoms with van der Waals surface area (Å²) in [5.41, 5.74) is 2.32. The second kappa shape index (κ2) is 7.55. The molecule has 30 heavy (non-hydrogen) atoms. The first-order chi connectivity index (χ1) is 14.4. The van der Waals surface area contributed by atoms with Crippen LogP contribution in [0.15, 0.2) is 59.0 Å². The molecule has 0 bridgehead atoms. The van der Waals surface area contributed by atoms with Crippen molar-refractivity contribution in [2.45, 2.75) is 6.92 Å². The molecule has 0 atom stereocenters. The SMILES string of the molecule is COc1ccc(C(=O)c2oc3cc(-c4cccc(F)c4)cc(O)c3c2C)c(OC)c1. The second-order valence-corrected chi connectivity index (χ2v) is 6.83. The zero-order valence-electron chi connectivity index (χ0n) is 16.7. The molecular formula is C24H19FO5. The number of hydrogen-bond acceptors (Lipinski definition) is 5. The molecule has 0 radical (unpaired) electrons. The van der Waals surface area contributed by atoms with Crippen LogP contribution in [0.4, 0.5) is 4.39 Å². The van der Waals surface area contributed by atoms with Gasteiger partial charge in [0.25, 0.3) is 0 Å². The quantitative estimate of drug-likeness (QED) is 0.443. The molecule has 1 N–H and O–H groups in total. The van der Waals surface area contributed by atoms with E-state index in [1.807, 2.05) is 0 Å². The number of benzene rings is 3. The van der Waals surface area contributed by atoms with E-state index in [1.165, 1.54) is 32.4 Å². The van der Waals surface area contributed by atoms with Gasteiger partial charge in [0.1, 0.15) is 28.6 Å². The lowest BCUT2D eigenvalue weighted by molar-refractivity contribution is 0.101. The lowest BCUT2D eigenvalue weighted by Crippen LogP contribution is -2.04. The summed E-state index contributed by atoms with van der Waals surface area (Å²) in [6.45, 7) is 1.71. The van der Waals surface area contributed by atoms with Crippen molar-refractivity contribution in [3.63, 3.8) is 0 Å². The molecule has 1 aromatic heterocycles. The van der Waals surface area contributed by atoms with E-state index >= 15 is 0 Å². The first-order valence-corrected chi connectivity index (χ1v) is 9.21. The predicted molar refractivity (Wildman–Crippen MR) is 111 cm³/mol. The smallest absolute Gasteiger partial charge is 0.232 e. The fourth-order valence-electron chi connectivity index (χ4n) is 3.52. The molecule has 0 saturated heterocycles. The van der Waals surface area contributed by atoms with Gasteiger partial charge in [-0.2, -0.15) is 0 Å². The van der Waals surface area contributed by atoms with E-state index in [9.17, 15) is 14.3 Å². The topological polar surface area (TPSA) is 68.9 Å². The van der Waals surface area contributed by atoms with Gasteiger partial charge in [0.05, 0.1) is 25.2 Å². The molecule has 5 nitrogen and oxygen atoms in total. The number of ether oxygens (including phenoxy) is 2. The highest BCUT2D eigenvalue weighted by Gasteiger charge is 2.24. The largest absolute Gasteiger partial charge is 0.507 e. The van der Waals surface area contributed by atoms with Crippen molar-refractivity contribution in [2.24, 2.45) is 0 Å². The highest BCUT2D eigenvalue weighted by Crippen LogP contribution is 2.38. The lowest BCUT2D eigenvalue weighted by Gasteiger charge is -2.08. The Morgan fingerprint density at radius 2 is 1.80 bits per heavy atom. The molecule has 1 heterocycles. The van der Waals surface area contributed by atoms with Crippen LogP contribution in [0.25, 0.3) is 22.1 Å². The summed E-state index contributed by atoms with van der Waals surface area (Å²) in [5.74, 6) is 0.194. The summed E-state index contributed by atoms with van der Waals surface area (Å²) < 4.78 is 30.0. The molecule has 4 aromatic rings. The summed E-state index contributed by atoms with van der Waals surface area (Å²) in [5, 5.41) is 11.0. The number of halogens is 1. The normalized spacial score (nSPS) is 10.9. The number of carbonyl (C=O) groups is 1. The van der Waals surface area contributed by atoms with Gasteiger partial charge in [-0.25, -0.2) is 4.39 Å². The number of methoxy groups -OCH3 is 2. The molecule has 3 aromatic carbocycles. The monoisotopic (exact) mass is 406 g/mol. The Labute approximate surface area is 172 Å². The van der Waals surface area contributed by atoms with Crippen LogP contribution in [-0.4, -0.2) is 25.1 Å². The minimum absolute atomic E-state index is 0.0474. The Balaban J connectivity index is 1.84.